The normalized spacial score (nSPS) is 13.3. The van der Waals surface area contributed by atoms with Gasteiger partial charge in [0.15, 0.2) is 0 Å². The lowest BCUT2D eigenvalue weighted by Crippen LogP contribution is -2.02. The molecule has 0 saturated carbocycles. The number of hydrogen-bond acceptors (Lipinski definition) is 3. The quantitative estimate of drug-likeness (QED) is 0.721. The largest absolute Gasteiger partial charge is 0.388 e. The van der Waals surface area contributed by atoms with Gasteiger partial charge in [-0.15, -0.1) is 11.3 Å². The summed E-state index contributed by atoms with van der Waals surface area (Å²) >= 11 is 1.59. The number of aliphatic hydroxyl groups is 1. The van der Waals surface area contributed by atoms with Crippen LogP contribution in [0.2, 0.25) is 0 Å². The van der Waals surface area contributed by atoms with Gasteiger partial charge in [0.05, 0.1) is 6.10 Å². The van der Waals surface area contributed by atoms with Crippen molar-refractivity contribution in [3.8, 4) is 0 Å². The van der Waals surface area contributed by atoms with Crippen LogP contribution < -0.4 is 5.73 Å². The van der Waals surface area contributed by atoms with Crippen molar-refractivity contribution < 1.29 is 5.11 Å². The SMILES string of the molecule is NCCCC(O)c1cccs1. The Morgan fingerprint density at radius 3 is 3.00 bits per heavy atom. The van der Waals surface area contributed by atoms with E-state index in [0.29, 0.717) is 6.54 Å². The summed E-state index contributed by atoms with van der Waals surface area (Å²) in [5.74, 6) is 0. The molecule has 11 heavy (non-hydrogen) atoms. The summed E-state index contributed by atoms with van der Waals surface area (Å²) in [7, 11) is 0. The fourth-order valence-electron chi connectivity index (χ4n) is 0.934. The first-order chi connectivity index (χ1) is 5.34. The molecule has 0 aromatic carbocycles. The van der Waals surface area contributed by atoms with Crippen LogP contribution in [0.15, 0.2) is 17.5 Å². The molecule has 0 aliphatic carbocycles. The zero-order valence-corrected chi connectivity index (χ0v) is 7.18. The average Bonchev–Trinajstić information content (AvgIpc) is 2.52. The van der Waals surface area contributed by atoms with Crippen LogP contribution in [0, 0.1) is 0 Å². The Labute approximate surface area is 70.7 Å². The summed E-state index contributed by atoms with van der Waals surface area (Å²) in [6.45, 7) is 0.655. The summed E-state index contributed by atoms with van der Waals surface area (Å²) in [6.07, 6.45) is 1.36. The first-order valence-electron chi connectivity index (χ1n) is 3.76. The van der Waals surface area contributed by atoms with E-state index in [9.17, 15) is 5.11 Å². The molecule has 0 spiro atoms. The lowest BCUT2D eigenvalue weighted by molar-refractivity contribution is 0.169. The van der Waals surface area contributed by atoms with Crippen LogP contribution in [0.1, 0.15) is 23.8 Å². The highest BCUT2D eigenvalue weighted by atomic mass is 32.1. The van der Waals surface area contributed by atoms with Gasteiger partial charge in [0, 0.05) is 4.88 Å². The molecule has 62 valence electrons. The molecule has 0 bridgehead atoms. The van der Waals surface area contributed by atoms with E-state index >= 15 is 0 Å². The van der Waals surface area contributed by atoms with Gasteiger partial charge < -0.3 is 10.8 Å². The topological polar surface area (TPSA) is 46.2 Å². The Hall–Kier alpha value is -0.380. The van der Waals surface area contributed by atoms with Gasteiger partial charge in [-0.25, -0.2) is 0 Å². The molecular formula is C8H13NOS. The standard InChI is InChI=1S/C8H13NOS/c9-5-1-3-7(10)8-4-2-6-11-8/h2,4,6-7,10H,1,3,5,9H2. The van der Waals surface area contributed by atoms with Gasteiger partial charge in [0.2, 0.25) is 0 Å². The molecule has 1 aromatic rings. The second kappa shape index (κ2) is 4.49. The summed E-state index contributed by atoms with van der Waals surface area (Å²) in [5.41, 5.74) is 5.32. The van der Waals surface area contributed by atoms with Crippen LogP contribution in [0.4, 0.5) is 0 Å². The van der Waals surface area contributed by atoms with Gasteiger partial charge >= 0.3 is 0 Å². The maximum atomic E-state index is 9.50. The Balaban J connectivity index is 2.36. The van der Waals surface area contributed by atoms with Crippen molar-refractivity contribution in [2.45, 2.75) is 18.9 Å². The van der Waals surface area contributed by atoms with E-state index in [0.717, 1.165) is 17.7 Å². The molecule has 0 fully saturated rings. The molecule has 0 amide bonds. The first kappa shape index (κ1) is 8.71. The lowest BCUT2D eigenvalue weighted by atomic mass is 10.2. The minimum atomic E-state index is -0.307. The van der Waals surface area contributed by atoms with E-state index in [2.05, 4.69) is 0 Å². The third-order valence-electron chi connectivity index (χ3n) is 1.55. The number of nitrogens with two attached hydrogens (primary N) is 1. The summed E-state index contributed by atoms with van der Waals surface area (Å²) in [4.78, 5) is 1.04. The third-order valence-corrected chi connectivity index (χ3v) is 2.53. The molecule has 1 aromatic heterocycles. The van der Waals surface area contributed by atoms with E-state index in [1.807, 2.05) is 17.5 Å². The van der Waals surface area contributed by atoms with Crippen LogP contribution in [-0.2, 0) is 0 Å². The van der Waals surface area contributed by atoms with Gasteiger partial charge in [-0.2, -0.15) is 0 Å². The summed E-state index contributed by atoms with van der Waals surface area (Å²) in [6, 6.07) is 3.90. The lowest BCUT2D eigenvalue weighted by Gasteiger charge is -2.05. The first-order valence-corrected chi connectivity index (χ1v) is 4.64. The zero-order valence-electron chi connectivity index (χ0n) is 6.36. The molecule has 1 unspecified atom stereocenters. The van der Waals surface area contributed by atoms with Gasteiger partial charge in [0.1, 0.15) is 0 Å². The van der Waals surface area contributed by atoms with Crippen molar-refractivity contribution in [3.05, 3.63) is 22.4 Å². The number of rotatable bonds is 4. The van der Waals surface area contributed by atoms with Gasteiger partial charge in [0.25, 0.3) is 0 Å². The van der Waals surface area contributed by atoms with E-state index in [4.69, 9.17) is 5.73 Å². The molecule has 0 saturated heterocycles. The van der Waals surface area contributed by atoms with Crippen LogP contribution in [0.5, 0.6) is 0 Å². The Morgan fingerprint density at radius 2 is 2.45 bits per heavy atom. The van der Waals surface area contributed by atoms with E-state index in [1.54, 1.807) is 11.3 Å². The van der Waals surface area contributed by atoms with Crippen LogP contribution in [0.25, 0.3) is 0 Å². The number of thiophene rings is 1. The van der Waals surface area contributed by atoms with E-state index < -0.39 is 0 Å². The molecule has 0 aliphatic rings. The predicted molar refractivity (Wildman–Crippen MR) is 47.6 cm³/mol. The van der Waals surface area contributed by atoms with Crippen LogP contribution in [-0.4, -0.2) is 11.7 Å². The van der Waals surface area contributed by atoms with Gasteiger partial charge in [-0.05, 0) is 30.8 Å². The highest BCUT2D eigenvalue weighted by Crippen LogP contribution is 2.22. The van der Waals surface area contributed by atoms with Crippen molar-refractivity contribution in [2.75, 3.05) is 6.54 Å². The maximum Gasteiger partial charge on any atom is 0.0882 e. The van der Waals surface area contributed by atoms with Crippen molar-refractivity contribution in [2.24, 2.45) is 5.73 Å². The number of hydrogen-bond donors (Lipinski definition) is 2. The van der Waals surface area contributed by atoms with E-state index in [1.165, 1.54) is 0 Å². The Bertz CT molecular complexity index is 186. The molecule has 2 nitrogen and oxygen atoms in total. The Morgan fingerprint density at radius 1 is 1.64 bits per heavy atom. The van der Waals surface area contributed by atoms with Crippen molar-refractivity contribution >= 4 is 11.3 Å². The van der Waals surface area contributed by atoms with Crippen molar-refractivity contribution in [1.29, 1.82) is 0 Å². The van der Waals surface area contributed by atoms with Crippen LogP contribution in [0.3, 0.4) is 0 Å². The molecular weight excluding hydrogens is 158 g/mol. The molecule has 0 aliphatic heterocycles. The second-order valence-corrected chi connectivity index (χ2v) is 3.44. The monoisotopic (exact) mass is 171 g/mol. The predicted octanol–water partition coefficient (Wildman–Crippen LogP) is 1.52. The fourth-order valence-corrected chi connectivity index (χ4v) is 1.68. The van der Waals surface area contributed by atoms with Crippen molar-refractivity contribution in [1.82, 2.24) is 0 Å². The highest BCUT2D eigenvalue weighted by molar-refractivity contribution is 7.10. The molecule has 3 heteroatoms. The second-order valence-electron chi connectivity index (χ2n) is 2.46. The molecule has 3 N–H and O–H groups in total. The van der Waals surface area contributed by atoms with Crippen LogP contribution >= 0.6 is 11.3 Å². The molecule has 0 radical (unpaired) electrons. The van der Waals surface area contributed by atoms with E-state index in [-0.39, 0.29) is 6.10 Å². The third kappa shape index (κ3) is 2.61. The highest BCUT2D eigenvalue weighted by Gasteiger charge is 2.06. The minimum Gasteiger partial charge on any atom is -0.388 e. The summed E-state index contributed by atoms with van der Waals surface area (Å²) < 4.78 is 0. The fraction of sp³-hybridized carbons (Fsp3) is 0.500. The summed E-state index contributed by atoms with van der Waals surface area (Å²) in [5, 5.41) is 11.5. The molecule has 1 rings (SSSR count). The zero-order chi connectivity index (χ0) is 8.10. The maximum absolute atomic E-state index is 9.50. The minimum absolute atomic E-state index is 0.307. The molecule has 1 heterocycles. The van der Waals surface area contributed by atoms with Crippen molar-refractivity contribution in [3.63, 3.8) is 0 Å². The van der Waals surface area contributed by atoms with Gasteiger partial charge in [-0.3, -0.25) is 0 Å². The average molecular weight is 171 g/mol. The molecule has 1 atom stereocenters. The number of aliphatic hydroxyl groups excluding tert-OH is 1. The Kier molecular flexibility index (Phi) is 3.56. The van der Waals surface area contributed by atoms with Gasteiger partial charge in [-0.1, -0.05) is 6.07 Å². The smallest absolute Gasteiger partial charge is 0.0882 e.